The number of carbonyl (C=O) groups is 2. The van der Waals surface area contributed by atoms with Gasteiger partial charge in [0.25, 0.3) is 0 Å². The molecule has 0 unspecified atom stereocenters. The summed E-state index contributed by atoms with van der Waals surface area (Å²) in [7, 11) is 0. The molecule has 0 fully saturated rings. The third-order valence-electron chi connectivity index (χ3n) is 2.94. The van der Waals surface area contributed by atoms with E-state index >= 15 is 0 Å². The fourth-order valence-corrected chi connectivity index (χ4v) is 3.13. The first-order valence-corrected chi connectivity index (χ1v) is 8.55. The second-order valence-corrected chi connectivity index (χ2v) is 6.71. The zero-order valence-electron chi connectivity index (χ0n) is 12.4. The predicted octanol–water partition coefficient (Wildman–Crippen LogP) is 4.40. The number of esters is 1. The Balaban J connectivity index is 2.34. The standard InChI is InChI=1S/C17H15BrO4S/c1-2-22-17(21)14-9-11(10-16(19)20)3-8-15(14)23-13-6-4-12(18)5-7-13/h3-9H,2,10H2,1H3,(H,19,20). The fraction of sp³-hybridized carbons (Fsp3) is 0.176. The second-order valence-electron chi connectivity index (χ2n) is 4.68. The smallest absolute Gasteiger partial charge is 0.339 e. The Labute approximate surface area is 147 Å². The molecule has 0 aliphatic heterocycles. The van der Waals surface area contributed by atoms with Gasteiger partial charge in [-0.15, -0.1) is 0 Å². The molecule has 2 rings (SSSR count). The molecular weight excluding hydrogens is 380 g/mol. The lowest BCUT2D eigenvalue weighted by atomic mass is 10.1. The van der Waals surface area contributed by atoms with Crippen LogP contribution in [0, 0.1) is 0 Å². The average molecular weight is 395 g/mol. The van der Waals surface area contributed by atoms with Gasteiger partial charge in [-0.1, -0.05) is 33.8 Å². The number of rotatable bonds is 6. The van der Waals surface area contributed by atoms with Crippen LogP contribution in [-0.4, -0.2) is 23.7 Å². The number of hydrogen-bond donors (Lipinski definition) is 1. The maximum atomic E-state index is 12.2. The Hall–Kier alpha value is -1.79. The van der Waals surface area contributed by atoms with Gasteiger partial charge in [-0.25, -0.2) is 4.79 Å². The third kappa shape index (κ3) is 5.11. The Morgan fingerprint density at radius 3 is 2.48 bits per heavy atom. The Kier molecular flexibility index (Phi) is 6.24. The van der Waals surface area contributed by atoms with E-state index in [1.807, 2.05) is 24.3 Å². The summed E-state index contributed by atoms with van der Waals surface area (Å²) in [5.74, 6) is -1.38. The molecule has 23 heavy (non-hydrogen) atoms. The summed E-state index contributed by atoms with van der Waals surface area (Å²) in [5, 5.41) is 8.90. The molecule has 120 valence electrons. The molecule has 0 radical (unpaired) electrons. The molecule has 0 spiro atoms. The lowest BCUT2D eigenvalue weighted by Gasteiger charge is -2.10. The minimum Gasteiger partial charge on any atom is -0.481 e. The molecule has 2 aromatic rings. The summed E-state index contributed by atoms with van der Waals surface area (Å²) in [6, 6.07) is 12.8. The van der Waals surface area contributed by atoms with E-state index in [2.05, 4.69) is 15.9 Å². The Morgan fingerprint density at radius 1 is 1.17 bits per heavy atom. The first kappa shape index (κ1) is 17.6. The van der Waals surface area contributed by atoms with Crippen LogP contribution in [0.4, 0.5) is 0 Å². The van der Waals surface area contributed by atoms with Crippen molar-refractivity contribution in [3.63, 3.8) is 0 Å². The predicted molar refractivity (Wildman–Crippen MR) is 92.0 cm³/mol. The summed E-state index contributed by atoms with van der Waals surface area (Å²) >= 11 is 4.82. The van der Waals surface area contributed by atoms with Gasteiger partial charge in [0.1, 0.15) is 0 Å². The van der Waals surface area contributed by atoms with E-state index in [-0.39, 0.29) is 13.0 Å². The van der Waals surface area contributed by atoms with Gasteiger partial charge in [-0.05, 0) is 48.9 Å². The SMILES string of the molecule is CCOC(=O)c1cc(CC(=O)O)ccc1Sc1ccc(Br)cc1. The molecule has 0 saturated heterocycles. The molecule has 6 heteroatoms. The number of hydrogen-bond acceptors (Lipinski definition) is 4. The van der Waals surface area contributed by atoms with E-state index in [1.54, 1.807) is 25.1 Å². The summed E-state index contributed by atoms with van der Waals surface area (Å²) in [5.41, 5.74) is 0.958. The largest absolute Gasteiger partial charge is 0.481 e. The zero-order valence-corrected chi connectivity index (χ0v) is 14.8. The van der Waals surface area contributed by atoms with Crippen LogP contribution < -0.4 is 0 Å². The number of benzene rings is 2. The highest BCUT2D eigenvalue weighted by Gasteiger charge is 2.15. The molecule has 0 aromatic heterocycles. The van der Waals surface area contributed by atoms with Crippen LogP contribution in [0.3, 0.4) is 0 Å². The molecular formula is C17H15BrO4S. The Bertz CT molecular complexity index is 713. The van der Waals surface area contributed by atoms with Crippen molar-refractivity contribution in [3.05, 3.63) is 58.1 Å². The lowest BCUT2D eigenvalue weighted by Crippen LogP contribution is -2.08. The first-order chi connectivity index (χ1) is 11.0. The van der Waals surface area contributed by atoms with Crippen molar-refractivity contribution in [2.45, 2.75) is 23.1 Å². The van der Waals surface area contributed by atoms with Crippen molar-refractivity contribution in [3.8, 4) is 0 Å². The minimum absolute atomic E-state index is 0.129. The second kappa shape index (κ2) is 8.17. The van der Waals surface area contributed by atoms with Crippen molar-refractivity contribution in [1.82, 2.24) is 0 Å². The van der Waals surface area contributed by atoms with E-state index in [0.717, 1.165) is 14.3 Å². The topological polar surface area (TPSA) is 63.6 Å². The van der Waals surface area contributed by atoms with Crippen LogP contribution in [0.1, 0.15) is 22.8 Å². The average Bonchev–Trinajstić information content (AvgIpc) is 2.50. The lowest BCUT2D eigenvalue weighted by molar-refractivity contribution is -0.136. The van der Waals surface area contributed by atoms with Crippen LogP contribution in [-0.2, 0) is 16.0 Å². The highest BCUT2D eigenvalue weighted by Crippen LogP contribution is 2.32. The molecule has 0 atom stereocenters. The highest BCUT2D eigenvalue weighted by atomic mass is 79.9. The van der Waals surface area contributed by atoms with Gasteiger partial charge in [-0.3, -0.25) is 4.79 Å². The fourth-order valence-electron chi connectivity index (χ4n) is 1.95. The van der Waals surface area contributed by atoms with Gasteiger partial charge < -0.3 is 9.84 Å². The summed E-state index contributed by atoms with van der Waals surface area (Å²) in [6.07, 6.45) is -0.129. The number of carbonyl (C=O) groups excluding carboxylic acids is 1. The van der Waals surface area contributed by atoms with Crippen molar-refractivity contribution < 1.29 is 19.4 Å². The summed E-state index contributed by atoms with van der Waals surface area (Å²) in [6.45, 7) is 2.00. The van der Waals surface area contributed by atoms with Gasteiger partial charge in [0.05, 0.1) is 18.6 Å². The zero-order chi connectivity index (χ0) is 16.8. The normalized spacial score (nSPS) is 10.3. The third-order valence-corrected chi connectivity index (χ3v) is 4.55. The highest BCUT2D eigenvalue weighted by molar-refractivity contribution is 9.10. The molecule has 4 nitrogen and oxygen atoms in total. The number of carboxylic acid groups (broad SMARTS) is 1. The van der Waals surface area contributed by atoms with Crippen LogP contribution in [0.15, 0.2) is 56.7 Å². The van der Waals surface area contributed by atoms with Gasteiger partial charge in [0.15, 0.2) is 0 Å². The number of ether oxygens (including phenoxy) is 1. The van der Waals surface area contributed by atoms with E-state index in [4.69, 9.17) is 9.84 Å². The van der Waals surface area contributed by atoms with Gasteiger partial charge >= 0.3 is 11.9 Å². The monoisotopic (exact) mass is 394 g/mol. The van der Waals surface area contributed by atoms with Gasteiger partial charge in [0, 0.05) is 14.3 Å². The van der Waals surface area contributed by atoms with E-state index in [0.29, 0.717) is 11.1 Å². The first-order valence-electron chi connectivity index (χ1n) is 6.95. The Morgan fingerprint density at radius 2 is 1.87 bits per heavy atom. The van der Waals surface area contributed by atoms with Crippen molar-refractivity contribution >= 4 is 39.6 Å². The number of aliphatic carboxylic acids is 1. The van der Waals surface area contributed by atoms with Crippen LogP contribution in [0.25, 0.3) is 0 Å². The minimum atomic E-state index is -0.937. The van der Waals surface area contributed by atoms with Gasteiger partial charge in [0.2, 0.25) is 0 Å². The molecule has 1 N–H and O–H groups in total. The molecule has 0 saturated carbocycles. The van der Waals surface area contributed by atoms with Crippen molar-refractivity contribution in [2.24, 2.45) is 0 Å². The van der Waals surface area contributed by atoms with E-state index in [1.165, 1.54) is 11.8 Å². The number of halogens is 1. The summed E-state index contributed by atoms with van der Waals surface area (Å²) in [4.78, 5) is 24.7. The molecule has 0 aliphatic rings. The molecule has 0 heterocycles. The van der Waals surface area contributed by atoms with Crippen molar-refractivity contribution in [2.75, 3.05) is 6.61 Å². The van der Waals surface area contributed by atoms with E-state index in [9.17, 15) is 9.59 Å². The maximum Gasteiger partial charge on any atom is 0.339 e. The molecule has 2 aromatic carbocycles. The maximum absolute atomic E-state index is 12.2. The van der Waals surface area contributed by atoms with Crippen LogP contribution in [0.5, 0.6) is 0 Å². The van der Waals surface area contributed by atoms with Gasteiger partial charge in [-0.2, -0.15) is 0 Å². The molecule has 0 bridgehead atoms. The van der Waals surface area contributed by atoms with Crippen LogP contribution in [0.2, 0.25) is 0 Å². The van der Waals surface area contributed by atoms with Crippen LogP contribution >= 0.6 is 27.7 Å². The molecule has 0 amide bonds. The molecule has 0 aliphatic carbocycles. The number of carboxylic acids is 1. The summed E-state index contributed by atoms with van der Waals surface area (Å²) < 4.78 is 6.05. The van der Waals surface area contributed by atoms with Crippen molar-refractivity contribution in [1.29, 1.82) is 0 Å². The quantitative estimate of drug-likeness (QED) is 0.735. The van der Waals surface area contributed by atoms with E-state index < -0.39 is 11.9 Å².